The van der Waals surface area contributed by atoms with E-state index in [2.05, 4.69) is 40.9 Å². The van der Waals surface area contributed by atoms with E-state index >= 15 is 0 Å². The minimum Gasteiger partial charge on any atom is -0.306 e. The molecule has 0 rings (SSSR count). The highest BCUT2D eigenvalue weighted by Crippen LogP contribution is 1.73. The fourth-order valence-electron chi connectivity index (χ4n) is 0.0645. The van der Waals surface area contributed by atoms with Crippen molar-refractivity contribution in [2.75, 3.05) is 6.61 Å². The van der Waals surface area contributed by atoms with E-state index in [-0.39, 0.29) is 0 Å². The lowest BCUT2D eigenvalue weighted by molar-refractivity contribution is 0.447. The Morgan fingerprint density at radius 2 is 2.33 bits per heavy atom. The van der Waals surface area contributed by atoms with Gasteiger partial charge in [0, 0.05) is 0 Å². The lowest BCUT2D eigenvalue weighted by Crippen LogP contribution is -1.71. The van der Waals surface area contributed by atoms with E-state index in [9.17, 15) is 0 Å². The summed E-state index contributed by atoms with van der Waals surface area (Å²) in [5.41, 5.74) is 0. The molecule has 0 saturated carbocycles. The third-order valence-corrected chi connectivity index (χ3v) is 0.503. The summed E-state index contributed by atoms with van der Waals surface area (Å²) in [6, 6.07) is 0. The lowest BCUT2D eigenvalue weighted by Gasteiger charge is -1.75. The third-order valence-electron chi connectivity index (χ3n) is 0.216. The highest BCUT2D eigenvalue weighted by Gasteiger charge is 1.62. The Morgan fingerprint density at radius 1 is 1.67 bits per heavy atom. The average Bonchev–Trinajstić information content (AvgIpc) is 1.61. The van der Waals surface area contributed by atoms with Crippen LogP contribution in [0.4, 0.5) is 0 Å². The van der Waals surface area contributed by atoms with Crippen molar-refractivity contribution in [3.8, 4) is 11.2 Å². The van der Waals surface area contributed by atoms with Crippen molar-refractivity contribution in [2.45, 2.75) is 0 Å². The van der Waals surface area contributed by atoms with Crippen LogP contribution >= 0.6 is 25.5 Å². The van der Waals surface area contributed by atoms with Crippen LogP contribution in [0, 0.1) is 11.2 Å². The van der Waals surface area contributed by atoms with Crippen molar-refractivity contribution in [3.63, 3.8) is 0 Å². The summed E-state index contributed by atoms with van der Waals surface area (Å²) >= 11 is 7.00. The van der Waals surface area contributed by atoms with Gasteiger partial charge >= 0.3 is 0 Å². The molecule has 0 fully saturated rings. The summed E-state index contributed by atoms with van der Waals surface area (Å²) in [7, 11) is 0. The largest absolute Gasteiger partial charge is 0.306 e. The van der Waals surface area contributed by atoms with Crippen LogP contribution < -0.4 is 0 Å². The Bertz CT molecular complexity index is 70.6. The van der Waals surface area contributed by atoms with Crippen molar-refractivity contribution >= 4 is 25.5 Å². The molecule has 0 amide bonds. The summed E-state index contributed by atoms with van der Waals surface area (Å²) in [6.07, 6.45) is 0. The quantitative estimate of drug-likeness (QED) is 0.295. The molecule has 34 valence electrons. The maximum Gasteiger partial charge on any atom is 0.122 e. The van der Waals surface area contributed by atoms with Gasteiger partial charge in [-0.2, -0.15) is 0 Å². The Labute approximate surface area is 48.1 Å². The van der Waals surface area contributed by atoms with Crippen LogP contribution in [0.2, 0.25) is 0 Å². The molecule has 0 saturated heterocycles. The van der Waals surface area contributed by atoms with Gasteiger partial charge in [0.2, 0.25) is 0 Å². The molecule has 0 N–H and O–H groups in total. The first-order valence-corrected chi connectivity index (χ1v) is 2.11. The van der Waals surface area contributed by atoms with E-state index in [0.717, 1.165) is 0 Å². The molecular weight excluding hydrogens is 116 g/mol. The second-order valence-electron chi connectivity index (χ2n) is 0.562. The van der Waals surface area contributed by atoms with Gasteiger partial charge in [-0.3, -0.25) is 0 Å². The Kier molecular flexibility index (Phi) is 5.41. The Hall–Kier alpha value is 0.220. The average molecular weight is 120 g/mol. The van der Waals surface area contributed by atoms with Gasteiger partial charge in [-0.1, -0.05) is 18.5 Å². The topological polar surface area (TPSA) is 9.23 Å². The number of thiol groups is 2. The molecule has 0 aromatic carbocycles. The smallest absolute Gasteiger partial charge is 0.122 e. The molecule has 0 heterocycles. The van der Waals surface area contributed by atoms with Gasteiger partial charge in [0.25, 0.3) is 0 Å². The third kappa shape index (κ3) is 4.22. The predicted molar refractivity (Wildman–Crippen MR) is 31.7 cm³/mol. The lowest BCUT2D eigenvalue weighted by atomic mass is 10.8. The van der Waals surface area contributed by atoms with Crippen molar-refractivity contribution < 1.29 is 4.18 Å². The van der Waals surface area contributed by atoms with Gasteiger partial charge in [-0.25, -0.2) is 0 Å². The maximum atomic E-state index is 4.25. The van der Waals surface area contributed by atoms with Gasteiger partial charge in [0.05, 0.1) is 0 Å². The molecule has 0 aliphatic carbocycles. The molecule has 0 aromatic heterocycles. The van der Waals surface area contributed by atoms with E-state index in [0.29, 0.717) is 6.61 Å². The summed E-state index contributed by atoms with van der Waals surface area (Å²) in [6.45, 7) is 0.340. The van der Waals surface area contributed by atoms with Gasteiger partial charge in [0.15, 0.2) is 0 Å². The minimum atomic E-state index is 0.340. The molecule has 0 atom stereocenters. The number of hydrogen-bond donors (Lipinski definition) is 2. The highest BCUT2D eigenvalue weighted by molar-refractivity contribution is 7.85. The van der Waals surface area contributed by atoms with Crippen LogP contribution in [0.25, 0.3) is 0 Å². The van der Waals surface area contributed by atoms with Crippen LogP contribution in [0.15, 0.2) is 0 Å². The standard InChI is InChI=1S/C3H4OS2/c5-3-1-2-4-6/h5-6H,2H2. The Balaban J connectivity index is 2.79. The molecule has 0 bridgehead atoms. The molecule has 0 unspecified atom stereocenters. The maximum absolute atomic E-state index is 4.25. The van der Waals surface area contributed by atoms with E-state index in [1.165, 1.54) is 0 Å². The summed E-state index contributed by atoms with van der Waals surface area (Å²) in [5.74, 6) is 2.51. The molecular formula is C3H4OS2. The second kappa shape index (κ2) is 5.22. The first kappa shape index (κ1) is 6.22. The second-order valence-corrected chi connectivity index (χ2v) is 1.04. The van der Waals surface area contributed by atoms with E-state index in [1.54, 1.807) is 0 Å². The van der Waals surface area contributed by atoms with Crippen LogP contribution in [-0.4, -0.2) is 6.61 Å². The highest BCUT2D eigenvalue weighted by atomic mass is 32.1. The molecule has 1 nitrogen and oxygen atoms in total. The fourth-order valence-corrected chi connectivity index (χ4v) is 0.194. The SMILES string of the molecule is SC#CCOS. The van der Waals surface area contributed by atoms with Gasteiger partial charge in [-0.05, 0) is 18.2 Å². The molecule has 6 heavy (non-hydrogen) atoms. The zero-order valence-electron chi connectivity index (χ0n) is 3.01. The minimum absolute atomic E-state index is 0.340. The van der Waals surface area contributed by atoms with E-state index in [4.69, 9.17) is 0 Å². The fraction of sp³-hybridized carbons (Fsp3) is 0.333. The first-order chi connectivity index (χ1) is 2.91. The van der Waals surface area contributed by atoms with Crippen molar-refractivity contribution in [1.82, 2.24) is 0 Å². The number of hydrogen-bond acceptors (Lipinski definition) is 3. The molecule has 0 aliphatic rings. The molecule has 0 radical (unpaired) electrons. The van der Waals surface area contributed by atoms with Crippen LogP contribution in [0.3, 0.4) is 0 Å². The predicted octanol–water partition coefficient (Wildman–Crippen LogP) is 0.738. The van der Waals surface area contributed by atoms with E-state index < -0.39 is 0 Å². The number of rotatable bonds is 1. The molecule has 0 aliphatic heterocycles. The van der Waals surface area contributed by atoms with Gasteiger partial charge in [-0.15, -0.1) is 0 Å². The monoisotopic (exact) mass is 120 g/mol. The molecule has 0 aromatic rings. The first-order valence-electron chi connectivity index (χ1n) is 1.30. The summed E-state index contributed by atoms with van der Waals surface area (Å²) < 4.78 is 4.25. The zero-order chi connectivity index (χ0) is 4.83. The molecule has 3 heteroatoms. The normalized spacial score (nSPS) is 6.33. The van der Waals surface area contributed by atoms with Crippen molar-refractivity contribution in [3.05, 3.63) is 0 Å². The molecule has 0 spiro atoms. The van der Waals surface area contributed by atoms with Crippen molar-refractivity contribution in [2.24, 2.45) is 0 Å². The van der Waals surface area contributed by atoms with E-state index in [1.807, 2.05) is 0 Å². The van der Waals surface area contributed by atoms with Gasteiger partial charge < -0.3 is 4.18 Å². The van der Waals surface area contributed by atoms with Crippen molar-refractivity contribution in [1.29, 1.82) is 0 Å². The van der Waals surface area contributed by atoms with Crippen LogP contribution in [-0.2, 0) is 4.18 Å². The summed E-state index contributed by atoms with van der Waals surface area (Å²) in [4.78, 5) is 0. The van der Waals surface area contributed by atoms with Crippen LogP contribution in [0.5, 0.6) is 0 Å². The van der Waals surface area contributed by atoms with Gasteiger partial charge in [0.1, 0.15) is 6.61 Å². The van der Waals surface area contributed by atoms with Crippen LogP contribution in [0.1, 0.15) is 0 Å². The zero-order valence-corrected chi connectivity index (χ0v) is 4.80. The summed E-state index contributed by atoms with van der Waals surface area (Å²) in [5, 5.41) is 2.34. The Morgan fingerprint density at radius 3 is 2.50 bits per heavy atom.